The molecular formula is C12H22N2O2. The van der Waals surface area contributed by atoms with Crippen LogP contribution in [0.1, 0.15) is 38.5 Å². The number of amides is 1. The summed E-state index contributed by atoms with van der Waals surface area (Å²) in [6.45, 7) is 1.59. The molecule has 1 aliphatic heterocycles. The normalized spacial score (nSPS) is 34.9. The number of aliphatic hydroxyl groups excluding tert-OH is 1. The molecule has 1 aliphatic carbocycles. The SMILES string of the molecule is O=C(NCC1CCCC1O)[C@@H]1CCCCN1. The lowest BCUT2D eigenvalue weighted by Gasteiger charge is -2.23. The van der Waals surface area contributed by atoms with Crippen LogP contribution in [0.3, 0.4) is 0 Å². The Labute approximate surface area is 96.8 Å². The molecule has 2 rings (SSSR count). The Kier molecular flexibility index (Phi) is 4.18. The van der Waals surface area contributed by atoms with Crippen molar-refractivity contribution < 1.29 is 9.90 Å². The summed E-state index contributed by atoms with van der Waals surface area (Å²) < 4.78 is 0. The lowest BCUT2D eigenvalue weighted by Crippen LogP contribution is -2.48. The van der Waals surface area contributed by atoms with Gasteiger partial charge in [0.25, 0.3) is 0 Å². The number of hydrogen-bond acceptors (Lipinski definition) is 3. The Hall–Kier alpha value is -0.610. The number of piperidine rings is 1. The second-order valence-corrected chi connectivity index (χ2v) is 5.01. The molecular weight excluding hydrogens is 204 g/mol. The van der Waals surface area contributed by atoms with Crippen LogP contribution in [0.25, 0.3) is 0 Å². The van der Waals surface area contributed by atoms with Crippen molar-refractivity contribution in [1.29, 1.82) is 0 Å². The second-order valence-electron chi connectivity index (χ2n) is 5.01. The highest BCUT2D eigenvalue weighted by atomic mass is 16.3. The Bertz CT molecular complexity index is 239. The van der Waals surface area contributed by atoms with E-state index in [0.717, 1.165) is 38.6 Å². The molecule has 0 aromatic carbocycles. The number of carbonyl (C=O) groups is 1. The van der Waals surface area contributed by atoms with Crippen LogP contribution < -0.4 is 10.6 Å². The van der Waals surface area contributed by atoms with Gasteiger partial charge < -0.3 is 15.7 Å². The van der Waals surface area contributed by atoms with E-state index in [1.165, 1.54) is 6.42 Å². The largest absolute Gasteiger partial charge is 0.393 e. The van der Waals surface area contributed by atoms with Gasteiger partial charge in [0.1, 0.15) is 0 Å². The van der Waals surface area contributed by atoms with Gasteiger partial charge in [-0.05, 0) is 32.2 Å². The second kappa shape index (κ2) is 5.64. The maximum atomic E-state index is 11.8. The maximum absolute atomic E-state index is 11.8. The average molecular weight is 226 g/mol. The van der Waals surface area contributed by atoms with E-state index in [1.54, 1.807) is 0 Å². The molecule has 2 aliphatic rings. The summed E-state index contributed by atoms with van der Waals surface area (Å²) in [5, 5.41) is 15.8. The molecule has 4 heteroatoms. The average Bonchev–Trinajstić information content (AvgIpc) is 2.73. The van der Waals surface area contributed by atoms with Gasteiger partial charge in [0.15, 0.2) is 0 Å². The van der Waals surface area contributed by atoms with E-state index in [1.807, 2.05) is 0 Å². The smallest absolute Gasteiger partial charge is 0.237 e. The van der Waals surface area contributed by atoms with E-state index >= 15 is 0 Å². The molecule has 3 atom stereocenters. The highest BCUT2D eigenvalue weighted by Gasteiger charge is 2.27. The molecule has 3 N–H and O–H groups in total. The van der Waals surface area contributed by atoms with Gasteiger partial charge in [-0.2, -0.15) is 0 Å². The number of aliphatic hydroxyl groups is 1. The maximum Gasteiger partial charge on any atom is 0.237 e. The molecule has 0 spiro atoms. The van der Waals surface area contributed by atoms with Crippen molar-refractivity contribution >= 4 is 5.91 Å². The van der Waals surface area contributed by atoms with Crippen molar-refractivity contribution in [3.63, 3.8) is 0 Å². The van der Waals surface area contributed by atoms with Crippen molar-refractivity contribution in [2.75, 3.05) is 13.1 Å². The number of hydrogen-bond donors (Lipinski definition) is 3. The van der Waals surface area contributed by atoms with Crippen LogP contribution in [0.2, 0.25) is 0 Å². The molecule has 1 saturated heterocycles. The van der Waals surface area contributed by atoms with E-state index in [9.17, 15) is 9.90 Å². The summed E-state index contributed by atoms with van der Waals surface area (Å²) in [4.78, 5) is 11.8. The van der Waals surface area contributed by atoms with Crippen LogP contribution in [0.5, 0.6) is 0 Å². The van der Waals surface area contributed by atoms with Crippen LogP contribution >= 0.6 is 0 Å². The minimum Gasteiger partial charge on any atom is -0.393 e. The Balaban J connectivity index is 1.70. The quantitative estimate of drug-likeness (QED) is 0.653. The van der Waals surface area contributed by atoms with Crippen LogP contribution in [0, 0.1) is 5.92 Å². The molecule has 4 nitrogen and oxygen atoms in total. The topological polar surface area (TPSA) is 61.4 Å². The number of nitrogens with one attached hydrogen (secondary N) is 2. The van der Waals surface area contributed by atoms with Gasteiger partial charge in [-0.15, -0.1) is 0 Å². The number of rotatable bonds is 3. The van der Waals surface area contributed by atoms with Gasteiger partial charge in [-0.1, -0.05) is 12.8 Å². The predicted molar refractivity (Wildman–Crippen MR) is 62.0 cm³/mol. The van der Waals surface area contributed by atoms with Gasteiger partial charge in [0, 0.05) is 12.5 Å². The molecule has 0 aromatic heterocycles. The molecule has 0 aromatic rings. The summed E-state index contributed by atoms with van der Waals surface area (Å²) in [5.41, 5.74) is 0. The molecule has 1 heterocycles. The van der Waals surface area contributed by atoms with Crippen LogP contribution in [-0.2, 0) is 4.79 Å². The molecule has 2 fully saturated rings. The third-order valence-corrected chi connectivity index (χ3v) is 3.78. The zero-order valence-corrected chi connectivity index (χ0v) is 9.74. The highest BCUT2D eigenvalue weighted by molar-refractivity contribution is 5.81. The van der Waals surface area contributed by atoms with Crippen LogP contribution in [-0.4, -0.2) is 36.2 Å². The fourth-order valence-electron chi connectivity index (χ4n) is 2.69. The third kappa shape index (κ3) is 2.95. The van der Waals surface area contributed by atoms with Gasteiger partial charge >= 0.3 is 0 Å². The van der Waals surface area contributed by atoms with Crippen molar-refractivity contribution in [3.05, 3.63) is 0 Å². The first kappa shape index (κ1) is 11.9. The summed E-state index contributed by atoms with van der Waals surface area (Å²) in [5.74, 6) is 0.381. The fraction of sp³-hybridized carbons (Fsp3) is 0.917. The molecule has 2 unspecified atom stereocenters. The van der Waals surface area contributed by atoms with E-state index in [0.29, 0.717) is 6.54 Å². The first-order valence-corrected chi connectivity index (χ1v) is 6.46. The van der Waals surface area contributed by atoms with Crippen molar-refractivity contribution in [2.45, 2.75) is 50.7 Å². The first-order valence-electron chi connectivity index (χ1n) is 6.46. The van der Waals surface area contributed by atoms with E-state index in [-0.39, 0.29) is 24.0 Å². The van der Waals surface area contributed by atoms with Crippen LogP contribution in [0.4, 0.5) is 0 Å². The molecule has 0 bridgehead atoms. The summed E-state index contributed by atoms with van der Waals surface area (Å²) in [6.07, 6.45) is 6.06. The first-order chi connectivity index (χ1) is 7.77. The zero-order chi connectivity index (χ0) is 11.4. The summed E-state index contributed by atoms with van der Waals surface area (Å²) >= 11 is 0. The van der Waals surface area contributed by atoms with E-state index < -0.39 is 0 Å². The van der Waals surface area contributed by atoms with Gasteiger partial charge in [0.05, 0.1) is 12.1 Å². The highest BCUT2D eigenvalue weighted by Crippen LogP contribution is 2.24. The van der Waals surface area contributed by atoms with Crippen molar-refractivity contribution in [1.82, 2.24) is 10.6 Å². The molecule has 16 heavy (non-hydrogen) atoms. The fourth-order valence-corrected chi connectivity index (χ4v) is 2.69. The third-order valence-electron chi connectivity index (χ3n) is 3.78. The Morgan fingerprint density at radius 2 is 2.12 bits per heavy atom. The molecule has 0 radical (unpaired) electrons. The molecule has 1 saturated carbocycles. The zero-order valence-electron chi connectivity index (χ0n) is 9.74. The number of carbonyl (C=O) groups excluding carboxylic acids is 1. The predicted octanol–water partition coefficient (Wildman–Crippen LogP) is 0.406. The minimum absolute atomic E-state index is 0.00713. The Morgan fingerprint density at radius 1 is 1.25 bits per heavy atom. The van der Waals surface area contributed by atoms with Crippen molar-refractivity contribution in [3.8, 4) is 0 Å². The molecule has 1 amide bonds. The van der Waals surface area contributed by atoms with E-state index in [2.05, 4.69) is 10.6 Å². The summed E-state index contributed by atoms with van der Waals surface area (Å²) in [6, 6.07) is -0.00713. The Morgan fingerprint density at radius 3 is 2.75 bits per heavy atom. The minimum atomic E-state index is -0.209. The lowest BCUT2D eigenvalue weighted by molar-refractivity contribution is -0.123. The van der Waals surface area contributed by atoms with Gasteiger partial charge in [0.2, 0.25) is 5.91 Å². The lowest BCUT2D eigenvalue weighted by atomic mass is 10.0. The van der Waals surface area contributed by atoms with Gasteiger partial charge in [-0.25, -0.2) is 0 Å². The van der Waals surface area contributed by atoms with Crippen LogP contribution in [0.15, 0.2) is 0 Å². The van der Waals surface area contributed by atoms with Crippen molar-refractivity contribution in [2.24, 2.45) is 5.92 Å². The standard InChI is InChI=1S/C12H22N2O2/c15-11-6-3-4-9(11)8-14-12(16)10-5-1-2-7-13-10/h9-11,13,15H,1-8H2,(H,14,16)/t9?,10-,11?/m0/s1. The van der Waals surface area contributed by atoms with E-state index in [4.69, 9.17) is 0 Å². The van der Waals surface area contributed by atoms with Gasteiger partial charge in [-0.3, -0.25) is 4.79 Å². The summed E-state index contributed by atoms with van der Waals surface area (Å²) in [7, 11) is 0. The monoisotopic (exact) mass is 226 g/mol. The molecule has 92 valence electrons.